The number of halogens is 1. The fourth-order valence-corrected chi connectivity index (χ4v) is 4.45. The van der Waals surface area contributed by atoms with E-state index in [0.717, 1.165) is 32.3 Å². The molecule has 0 aromatic heterocycles. The molecule has 0 aliphatic rings. The molecule has 0 saturated heterocycles. The zero-order valence-corrected chi connectivity index (χ0v) is 21.7. The SMILES string of the molecule is COc1cc(C)cc(OC)c1CN(Cc1ccc(Br)cc1)C(=O)c1ccccc1-c1ccccc1. The minimum atomic E-state index is -0.0583. The topological polar surface area (TPSA) is 38.8 Å². The Kier molecular flexibility index (Phi) is 7.88. The highest BCUT2D eigenvalue weighted by molar-refractivity contribution is 9.10. The molecule has 0 fully saturated rings. The van der Waals surface area contributed by atoms with Crippen molar-refractivity contribution in [3.63, 3.8) is 0 Å². The predicted octanol–water partition coefficient (Wildman–Crippen LogP) is 7.28. The van der Waals surface area contributed by atoms with Crippen LogP contribution in [0.5, 0.6) is 11.5 Å². The van der Waals surface area contributed by atoms with E-state index in [4.69, 9.17) is 9.47 Å². The summed E-state index contributed by atoms with van der Waals surface area (Å²) in [5.74, 6) is 1.34. The van der Waals surface area contributed by atoms with Gasteiger partial charge < -0.3 is 14.4 Å². The van der Waals surface area contributed by atoms with Gasteiger partial charge in [-0.25, -0.2) is 0 Å². The van der Waals surface area contributed by atoms with Crippen LogP contribution in [0, 0.1) is 6.92 Å². The zero-order valence-electron chi connectivity index (χ0n) is 20.1. The highest BCUT2D eigenvalue weighted by atomic mass is 79.9. The third-order valence-corrected chi connectivity index (χ3v) is 6.45. The van der Waals surface area contributed by atoms with Crippen LogP contribution in [0.3, 0.4) is 0 Å². The summed E-state index contributed by atoms with van der Waals surface area (Å²) < 4.78 is 12.4. The number of ether oxygens (including phenoxy) is 2. The molecule has 0 bridgehead atoms. The van der Waals surface area contributed by atoms with Crippen LogP contribution < -0.4 is 9.47 Å². The number of carbonyl (C=O) groups excluding carboxylic acids is 1. The van der Waals surface area contributed by atoms with Crippen LogP contribution in [-0.4, -0.2) is 25.0 Å². The second-order valence-corrected chi connectivity index (χ2v) is 9.26. The third-order valence-electron chi connectivity index (χ3n) is 5.92. The normalized spacial score (nSPS) is 10.6. The van der Waals surface area contributed by atoms with Crippen molar-refractivity contribution in [3.05, 3.63) is 118 Å². The number of aryl methyl sites for hydroxylation is 1. The summed E-state index contributed by atoms with van der Waals surface area (Å²) in [4.78, 5) is 16.0. The maximum atomic E-state index is 14.1. The first-order valence-electron chi connectivity index (χ1n) is 11.4. The first kappa shape index (κ1) is 24.6. The molecule has 0 saturated carbocycles. The largest absolute Gasteiger partial charge is 0.496 e. The quantitative estimate of drug-likeness (QED) is 0.240. The molecule has 0 radical (unpaired) electrons. The summed E-state index contributed by atoms with van der Waals surface area (Å²) in [5, 5.41) is 0. The third kappa shape index (κ3) is 5.75. The molecule has 178 valence electrons. The Labute approximate surface area is 215 Å². The Balaban J connectivity index is 1.78. The molecule has 5 heteroatoms. The average Bonchev–Trinajstić information content (AvgIpc) is 2.90. The smallest absolute Gasteiger partial charge is 0.255 e. The Morgan fingerprint density at radius 1 is 0.800 bits per heavy atom. The molecule has 0 spiro atoms. The summed E-state index contributed by atoms with van der Waals surface area (Å²) in [6.45, 7) is 2.77. The molecular weight excluding hydrogens is 502 g/mol. The van der Waals surface area contributed by atoms with Crippen molar-refractivity contribution in [1.82, 2.24) is 4.90 Å². The molecule has 0 aliphatic carbocycles. The molecular formula is C30H28BrNO3. The molecule has 4 aromatic rings. The molecule has 0 atom stereocenters. The van der Waals surface area contributed by atoms with Crippen molar-refractivity contribution in [2.24, 2.45) is 0 Å². The van der Waals surface area contributed by atoms with E-state index in [9.17, 15) is 4.79 Å². The molecule has 4 aromatic carbocycles. The lowest BCUT2D eigenvalue weighted by Gasteiger charge is -2.26. The van der Waals surface area contributed by atoms with Gasteiger partial charge in [0.2, 0.25) is 0 Å². The van der Waals surface area contributed by atoms with Crippen molar-refractivity contribution in [3.8, 4) is 22.6 Å². The van der Waals surface area contributed by atoms with Crippen LogP contribution in [0.2, 0.25) is 0 Å². The van der Waals surface area contributed by atoms with E-state index in [2.05, 4.69) is 15.9 Å². The van der Waals surface area contributed by atoms with Gasteiger partial charge in [-0.1, -0.05) is 76.6 Å². The van der Waals surface area contributed by atoms with Gasteiger partial charge in [0.1, 0.15) is 11.5 Å². The van der Waals surface area contributed by atoms with Gasteiger partial charge in [-0.2, -0.15) is 0 Å². The Morgan fingerprint density at radius 3 is 2.03 bits per heavy atom. The Hall–Kier alpha value is -3.57. The van der Waals surface area contributed by atoms with Crippen LogP contribution in [0.15, 0.2) is 95.5 Å². The average molecular weight is 530 g/mol. The number of rotatable bonds is 8. The molecule has 0 unspecified atom stereocenters. The van der Waals surface area contributed by atoms with Gasteiger partial charge in [0, 0.05) is 16.6 Å². The van der Waals surface area contributed by atoms with Crippen molar-refractivity contribution in [2.75, 3.05) is 14.2 Å². The summed E-state index contributed by atoms with van der Waals surface area (Å²) in [7, 11) is 3.28. The van der Waals surface area contributed by atoms with Crippen LogP contribution >= 0.6 is 15.9 Å². The van der Waals surface area contributed by atoms with Crippen LogP contribution in [0.4, 0.5) is 0 Å². The van der Waals surface area contributed by atoms with E-state index < -0.39 is 0 Å². The fraction of sp³-hybridized carbons (Fsp3) is 0.167. The maximum absolute atomic E-state index is 14.1. The summed E-state index contributed by atoms with van der Waals surface area (Å²) in [6.07, 6.45) is 0. The van der Waals surface area contributed by atoms with Crippen LogP contribution in [0.1, 0.15) is 27.0 Å². The van der Waals surface area contributed by atoms with Gasteiger partial charge in [-0.05, 0) is 59.5 Å². The minimum Gasteiger partial charge on any atom is -0.496 e. The Bertz CT molecular complexity index is 1280. The van der Waals surface area contributed by atoms with Gasteiger partial charge in [-0.3, -0.25) is 4.79 Å². The standard InChI is InChI=1S/C30H28BrNO3/c1-21-17-28(34-2)27(29(18-21)35-3)20-32(19-22-13-15-24(31)16-14-22)30(33)26-12-8-7-11-25(26)23-9-5-4-6-10-23/h4-18H,19-20H2,1-3H3. The van der Waals surface area contributed by atoms with E-state index in [1.165, 1.54) is 0 Å². The Morgan fingerprint density at radius 2 is 1.40 bits per heavy atom. The molecule has 1 amide bonds. The summed E-state index contributed by atoms with van der Waals surface area (Å²) in [6, 6.07) is 29.7. The molecule has 0 N–H and O–H groups in total. The lowest BCUT2D eigenvalue weighted by Crippen LogP contribution is -2.31. The van der Waals surface area contributed by atoms with Crippen LogP contribution in [-0.2, 0) is 13.1 Å². The molecule has 35 heavy (non-hydrogen) atoms. The van der Waals surface area contributed by atoms with Crippen molar-refractivity contribution in [1.29, 1.82) is 0 Å². The van der Waals surface area contributed by atoms with E-state index in [-0.39, 0.29) is 5.91 Å². The van der Waals surface area contributed by atoms with Gasteiger partial charge in [0.25, 0.3) is 5.91 Å². The first-order valence-corrected chi connectivity index (χ1v) is 12.2. The fourth-order valence-electron chi connectivity index (χ4n) is 4.18. The van der Waals surface area contributed by atoms with Gasteiger partial charge >= 0.3 is 0 Å². The van der Waals surface area contributed by atoms with Crippen molar-refractivity contribution < 1.29 is 14.3 Å². The number of carbonyl (C=O) groups is 1. The number of benzene rings is 4. The van der Waals surface area contributed by atoms with E-state index in [0.29, 0.717) is 30.2 Å². The molecule has 0 heterocycles. The highest BCUT2D eigenvalue weighted by Gasteiger charge is 2.23. The van der Waals surface area contributed by atoms with Gasteiger partial charge in [0.05, 0.1) is 26.3 Å². The number of hydrogen-bond donors (Lipinski definition) is 0. The monoisotopic (exact) mass is 529 g/mol. The molecule has 4 nitrogen and oxygen atoms in total. The van der Waals surface area contributed by atoms with Gasteiger partial charge in [-0.15, -0.1) is 0 Å². The molecule has 4 rings (SSSR count). The van der Waals surface area contributed by atoms with E-state index >= 15 is 0 Å². The predicted molar refractivity (Wildman–Crippen MR) is 144 cm³/mol. The lowest BCUT2D eigenvalue weighted by molar-refractivity contribution is 0.0728. The summed E-state index contributed by atoms with van der Waals surface area (Å²) >= 11 is 3.50. The van der Waals surface area contributed by atoms with Crippen LogP contribution in [0.25, 0.3) is 11.1 Å². The van der Waals surface area contributed by atoms with Crippen molar-refractivity contribution in [2.45, 2.75) is 20.0 Å². The van der Waals surface area contributed by atoms with E-state index in [1.807, 2.05) is 103 Å². The number of methoxy groups -OCH3 is 2. The highest BCUT2D eigenvalue weighted by Crippen LogP contribution is 2.33. The lowest BCUT2D eigenvalue weighted by atomic mass is 9.98. The second-order valence-electron chi connectivity index (χ2n) is 8.35. The zero-order chi connectivity index (χ0) is 24.8. The number of hydrogen-bond acceptors (Lipinski definition) is 3. The van der Waals surface area contributed by atoms with Crippen molar-refractivity contribution >= 4 is 21.8 Å². The molecule has 0 aliphatic heterocycles. The first-order chi connectivity index (χ1) is 17.0. The minimum absolute atomic E-state index is 0.0583. The number of amides is 1. The summed E-state index contributed by atoms with van der Waals surface area (Å²) in [5.41, 5.74) is 5.46. The van der Waals surface area contributed by atoms with E-state index in [1.54, 1.807) is 14.2 Å². The maximum Gasteiger partial charge on any atom is 0.255 e. The number of nitrogens with zero attached hydrogens (tertiary/aromatic N) is 1. The second kappa shape index (κ2) is 11.2. The van der Waals surface area contributed by atoms with Gasteiger partial charge in [0.15, 0.2) is 0 Å².